The van der Waals surface area contributed by atoms with Crippen LogP contribution in [0.15, 0.2) is 0 Å². The smallest absolute Gasteiger partial charge is 0.200 e. The summed E-state index contributed by atoms with van der Waals surface area (Å²) in [5, 5.41) is 0. The van der Waals surface area contributed by atoms with Gasteiger partial charge in [0.05, 0.1) is 0 Å². The number of rotatable bonds is 0. The summed E-state index contributed by atoms with van der Waals surface area (Å²) in [6.07, 6.45) is 0. The van der Waals surface area contributed by atoms with Crippen molar-refractivity contribution in [1.29, 1.82) is 0 Å². The second-order valence-corrected chi connectivity index (χ2v) is 4.18. The Hall–Kier alpha value is -2.46. The highest BCUT2D eigenvalue weighted by molar-refractivity contribution is 5.42. The number of nitrogen functional groups attached to an aromatic ring is 1. The predicted molar refractivity (Wildman–Crippen MR) is 61.6 cm³/mol. The van der Waals surface area contributed by atoms with Gasteiger partial charge in [-0.1, -0.05) is 0 Å². The summed E-state index contributed by atoms with van der Waals surface area (Å²) in [6, 6.07) is 0. The lowest BCUT2D eigenvalue weighted by atomic mass is 10.2. The Kier molecular flexibility index (Phi) is 5.69. The molecule has 24 heavy (non-hydrogen) atoms. The minimum absolute atomic E-state index is 0.816. The van der Waals surface area contributed by atoms with Crippen molar-refractivity contribution < 1.29 is 43.9 Å². The van der Waals surface area contributed by atoms with Gasteiger partial charge in [-0.05, 0) is 6.92 Å². The molecule has 1 nitrogen and oxygen atoms in total. The zero-order valence-corrected chi connectivity index (χ0v) is 11.4. The first-order valence-electron chi connectivity index (χ1n) is 5.68. The van der Waals surface area contributed by atoms with E-state index < -0.39 is 69.4 Å². The Morgan fingerprint density at radius 1 is 0.417 bits per heavy atom. The van der Waals surface area contributed by atoms with Gasteiger partial charge in [0.15, 0.2) is 46.5 Å². The Balaban J connectivity index is 0.000000240. The number of anilines is 1. The second-order valence-electron chi connectivity index (χ2n) is 4.18. The molecule has 2 N–H and O–H groups in total. The molecule has 11 heteroatoms. The highest BCUT2D eigenvalue weighted by atomic mass is 19.2. The summed E-state index contributed by atoms with van der Waals surface area (Å²) in [7, 11) is 0. The van der Waals surface area contributed by atoms with E-state index in [4.69, 9.17) is 0 Å². The van der Waals surface area contributed by atoms with Gasteiger partial charge < -0.3 is 5.73 Å². The third-order valence-corrected chi connectivity index (χ3v) is 2.67. The van der Waals surface area contributed by atoms with Crippen molar-refractivity contribution in [2.45, 2.75) is 6.92 Å². The highest BCUT2D eigenvalue weighted by Gasteiger charge is 2.24. The molecule has 0 amide bonds. The number of hydrogen-bond donors (Lipinski definition) is 1. The van der Waals surface area contributed by atoms with E-state index >= 15 is 0 Å². The third-order valence-electron chi connectivity index (χ3n) is 2.67. The van der Waals surface area contributed by atoms with Crippen LogP contribution in [0.4, 0.5) is 49.6 Å². The number of hydrogen-bond acceptors (Lipinski definition) is 1. The second kappa shape index (κ2) is 6.97. The quantitative estimate of drug-likeness (QED) is 0.313. The Bertz CT molecular complexity index is 525. The first-order chi connectivity index (χ1) is 10.9. The van der Waals surface area contributed by atoms with Crippen LogP contribution in [0.25, 0.3) is 0 Å². The number of benzene rings is 2. The van der Waals surface area contributed by atoms with Crippen LogP contribution in [-0.4, -0.2) is 0 Å². The minimum Gasteiger partial charge on any atom is -0.394 e. The van der Waals surface area contributed by atoms with Crippen LogP contribution in [0.5, 0.6) is 0 Å². The first-order valence-corrected chi connectivity index (χ1v) is 5.68. The van der Waals surface area contributed by atoms with Crippen LogP contribution in [0.1, 0.15) is 5.56 Å². The van der Waals surface area contributed by atoms with E-state index in [0.717, 1.165) is 6.92 Å². The summed E-state index contributed by atoms with van der Waals surface area (Å²) in [4.78, 5) is 0. The summed E-state index contributed by atoms with van der Waals surface area (Å²) < 4.78 is 123. The van der Waals surface area contributed by atoms with E-state index in [9.17, 15) is 43.9 Å². The average Bonchev–Trinajstić information content (AvgIpc) is 2.58. The number of halogens is 10. The lowest BCUT2D eigenvalue weighted by Crippen LogP contribution is -2.05. The van der Waals surface area contributed by atoms with Crippen molar-refractivity contribution in [3.63, 3.8) is 0 Å². The lowest BCUT2D eigenvalue weighted by Gasteiger charge is -2.02. The molecule has 2 aromatic rings. The molecule has 0 bridgehead atoms. The molecule has 0 saturated carbocycles. The van der Waals surface area contributed by atoms with Crippen LogP contribution < -0.4 is 5.73 Å². The number of nitrogens with two attached hydrogens (primary N) is 1. The van der Waals surface area contributed by atoms with Gasteiger partial charge in [0.1, 0.15) is 5.69 Å². The molecule has 2 rings (SSSR count). The van der Waals surface area contributed by atoms with Crippen LogP contribution in [-0.2, 0) is 0 Å². The van der Waals surface area contributed by atoms with E-state index in [1.54, 1.807) is 0 Å². The molecule has 0 aliphatic heterocycles. The molecule has 0 aliphatic carbocycles. The fourth-order valence-corrected chi connectivity index (χ4v) is 1.34. The Morgan fingerprint density at radius 2 is 0.625 bits per heavy atom. The topological polar surface area (TPSA) is 26.0 Å². The maximum absolute atomic E-state index is 12.4. The molecular weight excluding hydrogens is 360 g/mol. The van der Waals surface area contributed by atoms with Crippen LogP contribution in [0.2, 0.25) is 0 Å². The van der Waals surface area contributed by atoms with Gasteiger partial charge in [0.25, 0.3) is 0 Å². The lowest BCUT2D eigenvalue weighted by molar-refractivity contribution is 0.373. The zero-order chi connectivity index (χ0) is 18.9. The van der Waals surface area contributed by atoms with E-state index in [2.05, 4.69) is 5.73 Å². The van der Waals surface area contributed by atoms with E-state index in [0.29, 0.717) is 0 Å². The van der Waals surface area contributed by atoms with Crippen molar-refractivity contribution in [2.75, 3.05) is 5.73 Å². The fraction of sp³-hybridized carbons (Fsp3) is 0.0769. The third kappa shape index (κ3) is 3.24. The molecule has 0 aromatic heterocycles. The standard InChI is InChI=1S/C7H3F5.C6H2F5N/c1-2-3(8)5(10)7(12)6(11)4(2)9;7-1-2(8)4(10)6(12)5(11)3(1)9/h1H3;12H2. The normalized spacial score (nSPS) is 10.5. The molecule has 0 aliphatic rings. The van der Waals surface area contributed by atoms with Crippen molar-refractivity contribution in [1.82, 2.24) is 0 Å². The van der Waals surface area contributed by atoms with Gasteiger partial charge in [-0.2, -0.15) is 0 Å². The fourth-order valence-electron chi connectivity index (χ4n) is 1.34. The van der Waals surface area contributed by atoms with Crippen molar-refractivity contribution >= 4 is 5.69 Å². The average molecular weight is 365 g/mol. The molecule has 0 saturated heterocycles. The van der Waals surface area contributed by atoms with Gasteiger partial charge in [0.2, 0.25) is 11.6 Å². The van der Waals surface area contributed by atoms with Crippen molar-refractivity contribution in [3.05, 3.63) is 63.7 Å². The van der Waals surface area contributed by atoms with E-state index in [1.807, 2.05) is 0 Å². The largest absolute Gasteiger partial charge is 0.394 e. The SMILES string of the molecule is Cc1c(F)c(F)c(F)c(F)c1F.Nc1c(F)c(F)c(F)c(F)c1F. The molecule has 0 atom stereocenters. The zero-order valence-electron chi connectivity index (χ0n) is 11.4. The molecule has 0 spiro atoms. The molecule has 0 heterocycles. The molecule has 0 radical (unpaired) electrons. The summed E-state index contributed by atoms with van der Waals surface area (Å²) >= 11 is 0. The van der Waals surface area contributed by atoms with Crippen LogP contribution >= 0.6 is 0 Å². The molecule has 132 valence electrons. The monoisotopic (exact) mass is 365 g/mol. The van der Waals surface area contributed by atoms with E-state index in [-0.39, 0.29) is 0 Å². The first kappa shape index (κ1) is 19.6. The summed E-state index contributed by atoms with van der Waals surface area (Å²) in [5.41, 5.74) is 2.32. The molecule has 2 aromatic carbocycles. The van der Waals surface area contributed by atoms with Crippen LogP contribution in [0, 0.1) is 65.1 Å². The van der Waals surface area contributed by atoms with E-state index in [1.165, 1.54) is 0 Å². The Morgan fingerprint density at radius 3 is 0.917 bits per heavy atom. The van der Waals surface area contributed by atoms with Crippen molar-refractivity contribution in [2.24, 2.45) is 0 Å². The summed E-state index contributed by atoms with van der Waals surface area (Å²) in [5.74, 6) is -19.8. The molecular formula is C13H5F10N. The van der Waals surface area contributed by atoms with Gasteiger partial charge in [-0.3, -0.25) is 0 Å². The van der Waals surface area contributed by atoms with Crippen LogP contribution in [0.3, 0.4) is 0 Å². The van der Waals surface area contributed by atoms with Gasteiger partial charge in [-0.15, -0.1) is 0 Å². The molecule has 0 unspecified atom stereocenters. The van der Waals surface area contributed by atoms with Crippen molar-refractivity contribution in [3.8, 4) is 0 Å². The maximum Gasteiger partial charge on any atom is 0.200 e. The Labute approximate surface area is 127 Å². The van der Waals surface area contributed by atoms with Gasteiger partial charge in [0, 0.05) is 5.56 Å². The highest BCUT2D eigenvalue weighted by Crippen LogP contribution is 2.24. The maximum atomic E-state index is 12.4. The predicted octanol–water partition coefficient (Wildman–Crippen LogP) is 4.65. The summed E-state index contributed by atoms with van der Waals surface area (Å²) in [6.45, 7) is 0.816. The van der Waals surface area contributed by atoms with Gasteiger partial charge >= 0.3 is 0 Å². The minimum atomic E-state index is -2.21. The molecule has 0 fully saturated rings. The van der Waals surface area contributed by atoms with Gasteiger partial charge in [-0.25, -0.2) is 43.9 Å².